The van der Waals surface area contributed by atoms with Gasteiger partial charge in [-0.15, -0.1) is 0 Å². The molecule has 6 nitrogen and oxygen atoms in total. The first-order valence-electron chi connectivity index (χ1n) is 6.63. The fourth-order valence-corrected chi connectivity index (χ4v) is 1.96. The molecule has 0 spiro atoms. The highest BCUT2D eigenvalue weighted by atomic mass is 16.5. The first-order chi connectivity index (χ1) is 9.22. The Balaban J connectivity index is 1.98. The highest BCUT2D eigenvalue weighted by Crippen LogP contribution is 2.13. The summed E-state index contributed by atoms with van der Waals surface area (Å²) in [6, 6.07) is 0.146. The third-order valence-electron chi connectivity index (χ3n) is 3.20. The van der Waals surface area contributed by atoms with Crippen LogP contribution in [0.2, 0.25) is 0 Å². The van der Waals surface area contributed by atoms with Gasteiger partial charge in [0.2, 0.25) is 0 Å². The quantitative estimate of drug-likeness (QED) is 0.864. The van der Waals surface area contributed by atoms with Crippen LogP contribution < -0.4 is 5.32 Å². The molecule has 1 aromatic heterocycles. The van der Waals surface area contributed by atoms with Crippen LogP contribution in [0.3, 0.4) is 0 Å². The van der Waals surface area contributed by atoms with E-state index in [0.717, 1.165) is 19.4 Å². The molecule has 1 unspecified atom stereocenters. The number of likely N-dealkylation sites (N-methyl/N-ethyl adjacent to an activating group) is 1. The maximum absolute atomic E-state index is 12.2. The Morgan fingerprint density at radius 3 is 2.95 bits per heavy atom. The summed E-state index contributed by atoms with van der Waals surface area (Å²) < 4.78 is 5.29. The van der Waals surface area contributed by atoms with Crippen molar-refractivity contribution in [1.29, 1.82) is 0 Å². The zero-order valence-electron chi connectivity index (χ0n) is 11.4. The highest BCUT2D eigenvalue weighted by molar-refractivity contribution is 5.92. The van der Waals surface area contributed by atoms with Crippen molar-refractivity contribution in [3.8, 4) is 0 Å². The van der Waals surface area contributed by atoms with Crippen LogP contribution in [0, 0.1) is 0 Å². The Bertz CT molecular complexity index is 415. The van der Waals surface area contributed by atoms with Gasteiger partial charge in [-0.05, 0) is 12.8 Å². The van der Waals surface area contributed by atoms with Crippen molar-refractivity contribution >= 4 is 11.7 Å². The lowest BCUT2D eigenvalue weighted by Crippen LogP contribution is -2.37. The first kappa shape index (κ1) is 13.7. The van der Waals surface area contributed by atoms with Gasteiger partial charge >= 0.3 is 0 Å². The Labute approximate surface area is 113 Å². The summed E-state index contributed by atoms with van der Waals surface area (Å²) in [6.45, 7) is 4.25. The summed E-state index contributed by atoms with van der Waals surface area (Å²) in [7, 11) is 1.78. The van der Waals surface area contributed by atoms with Crippen molar-refractivity contribution < 1.29 is 9.53 Å². The van der Waals surface area contributed by atoms with Crippen molar-refractivity contribution in [2.75, 3.05) is 32.1 Å². The van der Waals surface area contributed by atoms with Gasteiger partial charge in [-0.3, -0.25) is 4.79 Å². The molecule has 1 aromatic rings. The van der Waals surface area contributed by atoms with Gasteiger partial charge in [-0.2, -0.15) is 0 Å². The fourth-order valence-electron chi connectivity index (χ4n) is 1.96. The summed E-state index contributed by atoms with van der Waals surface area (Å²) in [5.74, 6) is 0.593. The first-order valence-corrected chi connectivity index (χ1v) is 6.63. The second kappa shape index (κ2) is 6.47. The van der Waals surface area contributed by atoms with Crippen LogP contribution in [-0.2, 0) is 4.74 Å². The smallest absolute Gasteiger partial charge is 0.274 e. The number of nitrogens with zero attached hydrogens (tertiary/aromatic N) is 3. The maximum atomic E-state index is 12.2. The van der Waals surface area contributed by atoms with E-state index in [0.29, 0.717) is 24.7 Å². The van der Waals surface area contributed by atoms with Gasteiger partial charge in [0.05, 0.1) is 25.0 Å². The number of carbonyl (C=O) groups excluding carboxylic acids is 1. The zero-order valence-corrected chi connectivity index (χ0v) is 11.4. The van der Waals surface area contributed by atoms with E-state index in [1.165, 1.54) is 6.20 Å². The van der Waals surface area contributed by atoms with Gasteiger partial charge in [0, 0.05) is 20.2 Å². The van der Waals surface area contributed by atoms with E-state index in [-0.39, 0.29) is 11.9 Å². The van der Waals surface area contributed by atoms with Gasteiger partial charge in [0.15, 0.2) is 0 Å². The van der Waals surface area contributed by atoms with Crippen LogP contribution in [0.5, 0.6) is 0 Å². The minimum Gasteiger partial charge on any atom is -0.379 e. The van der Waals surface area contributed by atoms with E-state index in [2.05, 4.69) is 22.2 Å². The molecule has 6 heteroatoms. The minimum atomic E-state index is -0.106. The van der Waals surface area contributed by atoms with Crippen molar-refractivity contribution in [2.45, 2.75) is 25.8 Å². The number of rotatable bonds is 5. The van der Waals surface area contributed by atoms with Gasteiger partial charge in [-0.1, -0.05) is 6.92 Å². The summed E-state index contributed by atoms with van der Waals surface area (Å²) in [5, 5.41) is 3.13. The number of anilines is 1. The summed E-state index contributed by atoms with van der Waals surface area (Å²) >= 11 is 0. The van der Waals surface area contributed by atoms with Gasteiger partial charge in [0.1, 0.15) is 11.5 Å². The summed E-state index contributed by atoms with van der Waals surface area (Å²) in [5.41, 5.74) is 0.372. The van der Waals surface area contributed by atoms with E-state index < -0.39 is 0 Å². The zero-order chi connectivity index (χ0) is 13.7. The number of amides is 1. The van der Waals surface area contributed by atoms with Crippen molar-refractivity contribution in [3.05, 3.63) is 18.1 Å². The molecule has 0 saturated carbocycles. The summed E-state index contributed by atoms with van der Waals surface area (Å²) in [4.78, 5) is 22.3. The maximum Gasteiger partial charge on any atom is 0.274 e. The van der Waals surface area contributed by atoms with Gasteiger partial charge < -0.3 is 15.0 Å². The Hall–Kier alpha value is -1.69. The Morgan fingerprint density at radius 2 is 2.37 bits per heavy atom. The molecule has 1 fully saturated rings. The van der Waals surface area contributed by atoms with Crippen LogP contribution in [0.15, 0.2) is 12.4 Å². The van der Waals surface area contributed by atoms with Crippen LogP contribution in [0.1, 0.15) is 30.3 Å². The lowest BCUT2D eigenvalue weighted by molar-refractivity contribution is 0.0705. The standard InChI is InChI=1S/C13H20N4O2/c1-3-5-14-12-8-15-11(7-16-12)13(18)17(2)10-4-6-19-9-10/h7-8,10H,3-6,9H2,1-2H3,(H,14,16). The molecule has 1 amide bonds. The van der Waals surface area contributed by atoms with E-state index >= 15 is 0 Å². The van der Waals surface area contributed by atoms with E-state index in [4.69, 9.17) is 4.74 Å². The molecule has 0 radical (unpaired) electrons. The minimum absolute atomic E-state index is 0.106. The Kier molecular flexibility index (Phi) is 4.68. The van der Waals surface area contributed by atoms with E-state index in [1.54, 1.807) is 18.1 Å². The normalized spacial score (nSPS) is 18.3. The molecule has 1 N–H and O–H groups in total. The van der Waals surface area contributed by atoms with E-state index in [9.17, 15) is 4.79 Å². The molecule has 0 aromatic carbocycles. The second-order valence-electron chi connectivity index (χ2n) is 4.65. The number of hydrogen-bond donors (Lipinski definition) is 1. The predicted octanol–water partition coefficient (Wildman–Crippen LogP) is 1.16. The average molecular weight is 264 g/mol. The highest BCUT2D eigenvalue weighted by Gasteiger charge is 2.25. The molecule has 1 atom stereocenters. The molecule has 1 aliphatic heterocycles. The fraction of sp³-hybridized carbons (Fsp3) is 0.615. The SMILES string of the molecule is CCCNc1cnc(C(=O)N(C)C2CCOC2)cn1. The average Bonchev–Trinajstić information content (AvgIpc) is 2.98. The Morgan fingerprint density at radius 1 is 1.53 bits per heavy atom. The number of hydrogen-bond acceptors (Lipinski definition) is 5. The van der Waals surface area contributed by atoms with Crippen LogP contribution in [-0.4, -0.2) is 53.6 Å². The van der Waals surface area contributed by atoms with Crippen LogP contribution in [0.4, 0.5) is 5.82 Å². The van der Waals surface area contributed by atoms with Gasteiger partial charge in [-0.25, -0.2) is 9.97 Å². The largest absolute Gasteiger partial charge is 0.379 e. The monoisotopic (exact) mass is 264 g/mol. The van der Waals surface area contributed by atoms with E-state index in [1.807, 2.05) is 0 Å². The molecule has 1 aliphatic rings. The number of carbonyl (C=O) groups is 1. The van der Waals surface area contributed by atoms with Crippen LogP contribution in [0.25, 0.3) is 0 Å². The van der Waals surface area contributed by atoms with Crippen molar-refractivity contribution in [3.63, 3.8) is 0 Å². The molecule has 2 heterocycles. The molecule has 2 rings (SSSR count). The topological polar surface area (TPSA) is 67.4 Å². The number of aromatic nitrogens is 2. The van der Waals surface area contributed by atoms with Gasteiger partial charge in [0.25, 0.3) is 5.91 Å². The van der Waals surface area contributed by atoms with Crippen LogP contribution >= 0.6 is 0 Å². The molecule has 0 aliphatic carbocycles. The van der Waals surface area contributed by atoms with Crippen molar-refractivity contribution in [1.82, 2.24) is 14.9 Å². The lowest BCUT2D eigenvalue weighted by atomic mass is 10.2. The molecule has 104 valence electrons. The third-order valence-corrected chi connectivity index (χ3v) is 3.20. The van der Waals surface area contributed by atoms with Crippen molar-refractivity contribution in [2.24, 2.45) is 0 Å². The second-order valence-corrected chi connectivity index (χ2v) is 4.65. The number of nitrogens with one attached hydrogen (secondary N) is 1. The molecular weight excluding hydrogens is 244 g/mol. The lowest BCUT2D eigenvalue weighted by Gasteiger charge is -2.22. The number of ether oxygens (including phenoxy) is 1. The molecule has 0 bridgehead atoms. The molecule has 19 heavy (non-hydrogen) atoms. The third kappa shape index (κ3) is 3.41. The predicted molar refractivity (Wildman–Crippen MR) is 72.1 cm³/mol. The molecule has 1 saturated heterocycles. The summed E-state index contributed by atoms with van der Waals surface area (Å²) in [6.07, 6.45) is 5.02. The molecular formula is C13H20N4O2.